The molecule has 3 rings (SSSR count). The summed E-state index contributed by atoms with van der Waals surface area (Å²) in [5.74, 6) is 0.474. The number of aromatic nitrogens is 2. The molecule has 0 aromatic carbocycles. The third-order valence-electron chi connectivity index (χ3n) is 4.39. The third-order valence-corrected chi connectivity index (χ3v) is 4.39. The van der Waals surface area contributed by atoms with E-state index in [0.717, 1.165) is 18.7 Å². The lowest BCUT2D eigenvalue weighted by molar-refractivity contribution is -0.0697. The van der Waals surface area contributed by atoms with Gasteiger partial charge in [-0.1, -0.05) is 6.42 Å². The molecular weight excluding hydrogens is 282 g/mol. The summed E-state index contributed by atoms with van der Waals surface area (Å²) in [7, 11) is 0. The van der Waals surface area contributed by atoms with E-state index in [2.05, 4.69) is 15.3 Å². The van der Waals surface area contributed by atoms with Crippen LogP contribution in [0.15, 0.2) is 12.4 Å². The molecular formula is C16H23N3O3. The Kier molecular flexibility index (Phi) is 5.00. The molecule has 2 atom stereocenters. The molecule has 6 nitrogen and oxygen atoms in total. The van der Waals surface area contributed by atoms with Crippen molar-refractivity contribution in [3.05, 3.63) is 23.8 Å². The molecule has 0 bridgehead atoms. The Bertz CT molecular complexity index is 502. The maximum atomic E-state index is 12.3. The molecule has 0 spiro atoms. The number of nitrogens with one attached hydrogen (secondary N) is 1. The highest BCUT2D eigenvalue weighted by atomic mass is 16.5. The monoisotopic (exact) mass is 305 g/mol. The molecule has 0 unspecified atom stereocenters. The van der Waals surface area contributed by atoms with E-state index in [1.165, 1.54) is 25.5 Å². The Morgan fingerprint density at radius 3 is 2.91 bits per heavy atom. The van der Waals surface area contributed by atoms with Crippen LogP contribution in [0.25, 0.3) is 0 Å². The number of ether oxygens (including phenoxy) is 2. The number of amides is 1. The van der Waals surface area contributed by atoms with Crippen LogP contribution in [0.1, 0.15) is 41.9 Å². The highest BCUT2D eigenvalue weighted by Gasteiger charge is 2.30. The van der Waals surface area contributed by atoms with Gasteiger partial charge in [-0.3, -0.25) is 9.78 Å². The van der Waals surface area contributed by atoms with Crippen LogP contribution in [0.5, 0.6) is 0 Å². The van der Waals surface area contributed by atoms with Crippen molar-refractivity contribution in [3.63, 3.8) is 0 Å². The normalized spacial score (nSPS) is 25.5. The Hall–Kier alpha value is -1.53. The van der Waals surface area contributed by atoms with Gasteiger partial charge in [0.05, 0.1) is 30.6 Å². The predicted octanol–water partition coefficient (Wildman–Crippen LogP) is 1.49. The Labute approximate surface area is 130 Å². The van der Waals surface area contributed by atoms with Gasteiger partial charge in [0.2, 0.25) is 0 Å². The maximum absolute atomic E-state index is 12.3. The number of hydrogen-bond acceptors (Lipinski definition) is 5. The van der Waals surface area contributed by atoms with Crippen molar-refractivity contribution in [1.82, 2.24) is 15.3 Å². The van der Waals surface area contributed by atoms with E-state index in [1.54, 1.807) is 6.20 Å². The zero-order valence-electron chi connectivity index (χ0n) is 13.0. The van der Waals surface area contributed by atoms with Crippen molar-refractivity contribution in [3.8, 4) is 0 Å². The van der Waals surface area contributed by atoms with Crippen LogP contribution in [0.2, 0.25) is 0 Å². The summed E-state index contributed by atoms with van der Waals surface area (Å²) in [6.07, 6.45) is 7.77. The van der Waals surface area contributed by atoms with Gasteiger partial charge in [-0.2, -0.15) is 0 Å². The van der Waals surface area contributed by atoms with Gasteiger partial charge in [0.1, 0.15) is 5.69 Å². The summed E-state index contributed by atoms with van der Waals surface area (Å²) < 4.78 is 11.5. The minimum atomic E-state index is -0.222. The number of aryl methyl sites for hydroxylation is 1. The molecule has 1 aliphatic heterocycles. The van der Waals surface area contributed by atoms with Crippen LogP contribution in [0, 0.1) is 12.8 Å². The van der Waals surface area contributed by atoms with E-state index in [1.807, 2.05) is 6.92 Å². The van der Waals surface area contributed by atoms with Gasteiger partial charge < -0.3 is 14.8 Å². The molecule has 1 aromatic rings. The van der Waals surface area contributed by atoms with E-state index in [4.69, 9.17) is 9.47 Å². The lowest BCUT2D eigenvalue weighted by atomic mass is 9.86. The molecule has 1 saturated heterocycles. The smallest absolute Gasteiger partial charge is 0.271 e. The Morgan fingerprint density at radius 1 is 1.36 bits per heavy atom. The first-order valence-electron chi connectivity index (χ1n) is 8.01. The quantitative estimate of drug-likeness (QED) is 0.892. The molecule has 0 radical (unpaired) electrons. The van der Waals surface area contributed by atoms with Gasteiger partial charge in [0.25, 0.3) is 5.91 Å². The second-order valence-corrected chi connectivity index (χ2v) is 6.16. The first-order chi connectivity index (χ1) is 10.7. The standard InChI is InChI=1S/C16H23N3O3/c1-11-7-18-13(8-17-11)16(20)19-14-10-21-6-5-15(14)22-9-12-3-2-4-12/h7-8,12,14-15H,2-6,9-10H2,1H3,(H,19,20)/t14-,15+/m1/s1. The fourth-order valence-electron chi connectivity index (χ4n) is 2.72. The Morgan fingerprint density at radius 2 is 2.23 bits per heavy atom. The topological polar surface area (TPSA) is 73.3 Å². The van der Waals surface area contributed by atoms with E-state index < -0.39 is 0 Å². The second-order valence-electron chi connectivity index (χ2n) is 6.16. The fraction of sp³-hybridized carbons (Fsp3) is 0.688. The van der Waals surface area contributed by atoms with Gasteiger partial charge >= 0.3 is 0 Å². The summed E-state index contributed by atoms with van der Waals surface area (Å²) in [5, 5.41) is 2.97. The molecule has 6 heteroatoms. The third kappa shape index (κ3) is 3.81. The van der Waals surface area contributed by atoms with Crippen LogP contribution in [-0.2, 0) is 9.47 Å². The van der Waals surface area contributed by atoms with Crippen molar-refractivity contribution in [2.24, 2.45) is 5.92 Å². The molecule has 1 amide bonds. The average molecular weight is 305 g/mol. The molecule has 1 aromatic heterocycles. The molecule has 22 heavy (non-hydrogen) atoms. The second kappa shape index (κ2) is 7.15. The zero-order chi connectivity index (χ0) is 15.4. The fourth-order valence-corrected chi connectivity index (χ4v) is 2.72. The molecule has 1 saturated carbocycles. The SMILES string of the molecule is Cc1cnc(C(=O)N[C@@H]2COCC[C@@H]2OCC2CCC2)cn1. The zero-order valence-corrected chi connectivity index (χ0v) is 13.0. The highest BCUT2D eigenvalue weighted by Crippen LogP contribution is 2.27. The lowest BCUT2D eigenvalue weighted by Gasteiger charge is -2.34. The van der Waals surface area contributed by atoms with E-state index in [0.29, 0.717) is 24.8 Å². The minimum absolute atomic E-state index is 0.0247. The van der Waals surface area contributed by atoms with Crippen LogP contribution in [-0.4, -0.2) is 47.8 Å². The highest BCUT2D eigenvalue weighted by molar-refractivity contribution is 5.92. The number of carbonyl (C=O) groups excluding carboxylic acids is 1. The average Bonchev–Trinajstić information content (AvgIpc) is 2.48. The van der Waals surface area contributed by atoms with Crippen LogP contribution < -0.4 is 5.32 Å². The van der Waals surface area contributed by atoms with Crippen molar-refractivity contribution in [2.45, 2.75) is 44.8 Å². The molecule has 2 heterocycles. The van der Waals surface area contributed by atoms with Crippen molar-refractivity contribution in [2.75, 3.05) is 19.8 Å². The summed E-state index contributed by atoms with van der Waals surface area (Å²) in [6.45, 7) is 3.81. The van der Waals surface area contributed by atoms with Crippen LogP contribution in [0.4, 0.5) is 0 Å². The van der Waals surface area contributed by atoms with E-state index in [9.17, 15) is 4.79 Å². The molecule has 2 aliphatic rings. The summed E-state index contributed by atoms with van der Waals surface area (Å²) in [5.41, 5.74) is 1.12. The van der Waals surface area contributed by atoms with Gasteiger partial charge in [-0.25, -0.2) is 4.98 Å². The number of hydrogen-bond donors (Lipinski definition) is 1. The van der Waals surface area contributed by atoms with E-state index in [-0.39, 0.29) is 18.1 Å². The molecule has 1 N–H and O–H groups in total. The van der Waals surface area contributed by atoms with Gasteiger partial charge in [-0.15, -0.1) is 0 Å². The molecule has 2 fully saturated rings. The lowest BCUT2D eigenvalue weighted by Crippen LogP contribution is -2.51. The van der Waals surface area contributed by atoms with Crippen LogP contribution >= 0.6 is 0 Å². The first-order valence-corrected chi connectivity index (χ1v) is 8.01. The predicted molar refractivity (Wildman–Crippen MR) is 80.5 cm³/mol. The molecule has 1 aliphatic carbocycles. The number of nitrogens with zero attached hydrogens (tertiary/aromatic N) is 2. The van der Waals surface area contributed by atoms with Crippen molar-refractivity contribution >= 4 is 5.91 Å². The van der Waals surface area contributed by atoms with Gasteiger partial charge in [0, 0.05) is 19.4 Å². The maximum Gasteiger partial charge on any atom is 0.271 e. The summed E-state index contributed by atoms with van der Waals surface area (Å²) in [4.78, 5) is 20.5. The van der Waals surface area contributed by atoms with Crippen molar-refractivity contribution < 1.29 is 14.3 Å². The summed E-state index contributed by atoms with van der Waals surface area (Å²) >= 11 is 0. The van der Waals surface area contributed by atoms with E-state index >= 15 is 0 Å². The first kappa shape index (κ1) is 15.4. The van der Waals surface area contributed by atoms with Gasteiger partial charge in [-0.05, 0) is 32.1 Å². The number of rotatable bonds is 5. The minimum Gasteiger partial charge on any atom is -0.379 e. The Balaban J connectivity index is 1.55. The number of carbonyl (C=O) groups is 1. The largest absolute Gasteiger partial charge is 0.379 e. The van der Waals surface area contributed by atoms with Crippen LogP contribution in [0.3, 0.4) is 0 Å². The van der Waals surface area contributed by atoms with Crippen molar-refractivity contribution in [1.29, 1.82) is 0 Å². The molecule has 120 valence electrons. The van der Waals surface area contributed by atoms with Gasteiger partial charge in [0.15, 0.2) is 0 Å². The summed E-state index contributed by atoms with van der Waals surface area (Å²) in [6, 6.07) is -0.121.